The second-order valence-electron chi connectivity index (χ2n) is 6.80. The first kappa shape index (κ1) is 20.6. The van der Waals surface area contributed by atoms with E-state index < -0.39 is 0 Å². The Morgan fingerprint density at radius 3 is 2.63 bits per heavy atom. The second-order valence-corrected chi connectivity index (χ2v) is 8.15. The Labute approximate surface area is 184 Å². The van der Waals surface area contributed by atoms with E-state index in [1.165, 1.54) is 11.8 Å². The number of para-hydroxylation sites is 3. The maximum Gasteiger partial charge on any atom is 0.234 e. The molecule has 2 heterocycles. The Morgan fingerprint density at radius 1 is 1.13 bits per heavy atom. The molecule has 1 aliphatic rings. The zero-order valence-corrected chi connectivity index (χ0v) is 18.1. The largest absolute Gasteiger partial charge is 0.495 e. The van der Waals surface area contributed by atoms with E-state index in [2.05, 4.69) is 20.4 Å². The Morgan fingerprint density at radius 2 is 1.87 bits per heavy atom. The molecule has 0 atom stereocenters. The first-order chi connectivity index (χ1) is 14.7. The smallest absolute Gasteiger partial charge is 0.234 e. The maximum absolute atomic E-state index is 12.6. The minimum absolute atomic E-state index is 0.152. The van der Waals surface area contributed by atoms with Crippen molar-refractivity contribution in [1.82, 2.24) is 14.8 Å². The molecule has 4 rings (SSSR count). The monoisotopic (exact) mass is 443 g/mol. The number of anilines is 2. The molecular weight excluding hydrogens is 422 g/mol. The van der Waals surface area contributed by atoms with Crippen molar-refractivity contribution >= 4 is 40.9 Å². The van der Waals surface area contributed by atoms with Gasteiger partial charge in [0.1, 0.15) is 5.75 Å². The molecule has 1 fully saturated rings. The van der Waals surface area contributed by atoms with Gasteiger partial charge in [0.25, 0.3) is 0 Å². The van der Waals surface area contributed by atoms with Gasteiger partial charge in [-0.05, 0) is 37.1 Å². The van der Waals surface area contributed by atoms with Crippen LogP contribution in [0.3, 0.4) is 0 Å². The summed E-state index contributed by atoms with van der Waals surface area (Å²) >= 11 is 7.79. The van der Waals surface area contributed by atoms with Crippen LogP contribution >= 0.6 is 23.4 Å². The van der Waals surface area contributed by atoms with Crippen LogP contribution in [0.15, 0.2) is 53.7 Å². The van der Waals surface area contributed by atoms with Crippen molar-refractivity contribution in [3.63, 3.8) is 0 Å². The third kappa shape index (κ3) is 4.39. The number of carbonyl (C=O) groups is 1. The summed E-state index contributed by atoms with van der Waals surface area (Å²) in [4.78, 5) is 14.8. The maximum atomic E-state index is 12.6. The number of halogens is 1. The predicted octanol–water partition coefficient (Wildman–Crippen LogP) is 4.26. The minimum atomic E-state index is -0.152. The fourth-order valence-corrected chi connectivity index (χ4v) is 4.35. The molecule has 0 bridgehead atoms. The van der Waals surface area contributed by atoms with E-state index in [-0.39, 0.29) is 11.7 Å². The van der Waals surface area contributed by atoms with Gasteiger partial charge in [-0.15, -0.1) is 10.2 Å². The fraction of sp³-hybridized carbons (Fsp3) is 0.286. The van der Waals surface area contributed by atoms with Crippen LogP contribution in [0.4, 0.5) is 11.6 Å². The van der Waals surface area contributed by atoms with Crippen LogP contribution in [-0.2, 0) is 4.79 Å². The zero-order valence-electron chi connectivity index (χ0n) is 16.5. The molecule has 0 radical (unpaired) electrons. The van der Waals surface area contributed by atoms with Crippen molar-refractivity contribution in [3.8, 4) is 11.4 Å². The topological polar surface area (TPSA) is 72.3 Å². The quantitative estimate of drug-likeness (QED) is 0.550. The summed E-state index contributed by atoms with van der Waals surface area (Å²) in [5.41, 5.74) is 1.44. The van der Waals surface area contributed by atoms with Crippen molar-refractivity contribution < 1.29 is 9.53 Å². The van der Waals surface area contributed by atoms with Crippen LogP contribution in [-0.4, -0.2) is 46.6 Å². The number of methoxy groups -OCH3 is 1. The lowest BCUT2D eigenvalue weighted by Crippen LogP contribution is -2.22. The molecule has 1 aliphatic heterocycles. The predicted molar refractivity (Wildman–Crippen MR) is 120 cm³/mol. The average molecular weight is 444 g/mol. The van der Waals surface area contributed by atoms with Crippen LogP contribution in [0.2, 0.25) is 5.02 Å². The summed E-state index contributed by atoms with van der Waals surface area (Å²) in [5.74, 6) is 1.40. The molecule has 0 unspecified atom stereocenters. The molecule has 7 nitrogen and oxygen atoms in total. The number of rotatable bonds is 7. The van der Waals surface area contributed by atoms with Crippen molar-refractivity contribution in [3.05, 3.63) is 53.6 Å². The zero-order chi connectivity index (χ0) is 20.9. The molecule has 0 saturated carbocycles. The lowest BCUT2D eigenvalue weighted by Gasteiger charge is -2.19. The van der Waals surface area contributed by atoms with E-state index in [1.807, 2.05) is 41.0 Å². The first-order valence-corrected chi connectivity index (χ1v) is 11.0. The normalized spacial score (nSPS) is 13.5. The van der Waals surface area contributed by atoms with Gasteiger partial charge in [-0.25, -0.2) is 0 Å². The number of ether oxygens (including phenoxy) is 1. The number of nitrogens with zero attached hydrogens (tertiary/aromatic N) is 4. The third-order valence-corrected chi connectivity index (χ3v) is 6.06. The standard InChI is InChI=1S/C21H22ClN5O2S/c1-29-18-11-5-3-9-16(18)23-19(28)14-30-21-25-24-20(26-12-6-7-13-26)27(21)17-10-4-2-8-15(17)22/h2-5,8-11H,6-7,12-14H2,1H3,(H,23,28). The van der Waals surface area contributed by atoms with E-state index in [0.29, 0.717) is 21.6 Å². The van der Waals surface area contributed by atoms with E-state index in [1.54, 1.807) is 19.2 Å². The molecule has 0 aliphatic carbocycles. The molecule has 2 aromatic carbocycles. The Hall–Kier alpha value is -2.71. The number of thioether (sulfide) groups is 1. The van der Waals surface area contributed by atoms with Crippen LogP contribution in [0.1, 0.15) is 12.8 Å². The molecule has 1 N–H and O–H groups in total. The summed E-state index contributed by atoms with van der Waals surface area (Å²) in [6.45, 7) is 1.86. The van der Waals surface area contributed by atoms with Gasteiger partial charge >= 0.3 is 0 Å². The first-order valence-electron chi connectivity index (χ1n) is 9.68. The van der Waals surface area contributed by atoms with Crippen LogP contribution in [0.25, 0.3) is 5.69 Å². The van der Waals surface area contributed by atoms with Crippen LogP contribution in [0.5, 0.6) is 5.75 Å². The molecule has 3 aromatic rings. The lowest BCUT2D eigenvalue weighted by atomic mass is 10.3. The SMILES string of the molecule is COc1ccccc1NC(=O)CSc1nnc(N2CCCC2)n1-c1ccccc1Cl. The van der Waals surface area contributed by atoms with E-state index >= 15 is 0 Å². The van der Waals surface area contributed by atoms with Crippen molar-refractivity contribution in [2.75, 3.05) is 36.2 Å². The number of amides is 1. The van der Waals surface area contributed by atoms with Gasteiger partial charge in [0.05, 0.1) is 29.3 Å². The number of hydrogen-bond donors (Lipinski definition) is 1. The Kier molecular flexibility index (Phi) is 6.44. The van der Waals surface area contributed by atoms with Gasteiger partial charge < -0.3 is 15.0 Å². The van der Waals surface area contributed by atoms with Gasteiger partial charge in [-0.2, -0.15) is 0 Å². The summed E-state index contributed by atoms with van der Waals surface area (Å²) in [6.07, 6.45) is 2.25. The third-order valence-electron chi connectivity index (χ3n) is 4.81. The minimum Gasteiger partial charge on any atom is -0.495 e. The van der Waals surface area contributed by atoms with Gasteiger partial charge in [0.15, 0.2) is 5.16 Å². The summed E-state index contributed by atoms with van der Waals surface area (Å²) in [5, 5.41) is 12.9. The highest BCUT2D eigenvalue weighted by Gasteiger charge is 2.24. The Bertz CT molecular complexity index is 1040. The molecular formula is C21H22ClN5O2S. The molecule has 30 heavy (non-hydrogen) atoms. The molecule has 1 aromatic heterocycles. The van der Waals surface area contributed by atoms with E-state index in [4.69, 9.17) is 16.3 Å². The molecule has 9 heteroatoms. The molecule has 0 spiro atoms. The highest BCUT2D eigenvalue weighted by molar-refractivity contribution is 7.99. The number of hydrogen-bond acceptors (Lipinski definition) is 6. The fourth-order valence-electron chi connectivity index (χ4n) is 3.39. The van der Waals surface area contributed by atoms with Gasteiger partial charge in [0, 0.05) is 13.1 Å². The van der Waals surface area contributed by atoms with E-state index in [0.717, 1.165) is 37.6 Å². The highest BCUT2D eigenvalue weighted by Crippen LogP contribution is 2.32. The van der Waals surface area contributed by atoms with Crippen LogP contribution < -0.4 is 15.0 Å². The van der Waals surface area contributed by atoms with Gasteiger partial charge in [-0.1, -0.05) is 47.6 Å². The highest BCUT2D eigenvalue weighted by atomic mass is 35.5. The van der Waals surface area contributed by atoms with Crippen molar-refractivity contribution in [1.29, 1.82) is 0 Å². The second kappa shape index (κ2) is 9.40. The number of carbonyl (C=O) groups excluding carboxylic acids is 1. The molecule has 156 valence electrons. The van der Waals surface area contributed by atoms with Gasteiger partial charge in [-0.3, -0.25) is 9.36 Å². The number of benzene rings is 2. The van der Waals surface area contributed by atoms with Crippen molar-refractivity contribution in [2.45, 2.75) is 18.0 Å². The van der Waals surface area contributed by atoms with E-state index in [9.17, 15) is 4.79 Å². The summed E-state index contributed by atoms with van der Waals surface area (Å²) in [6, 6.07) is 14.9. The van der Waals surface area contributed by atoms with Crippen LogP contribution in [0, 0.1) is 0 Å². The molecule has 1 amide bonds. The summed E-state index contributed by atoms with van der Waals surface area (Å²) < 4.78 is 7.23. The van der Waals surface area contributed by atoms with Gasteiger partial charge in [0.2, 0.25) is 11.9 Å². The lowest BCUT2D eigenvalue weighted by molar-refractivity contribution is -0.113. The molecule has 1 saturated heterocycles. The Balaban J connectivity index is 1.55. The van der Waals surface area contributed by atoms with Crippen molar-refractivity contribution in [2.24, 2.45) is 0 Å². The summed E-state index contributed by atoms with van der Waals surface area (Å²) in [7, 11) is 1.58. The number of nitrogens with one attached hydrogen (secondary N) is 1. The number of aromatic nitrogens is 3. The average Bonchev–Trinajstić information content (AvgIpc) is 3.43.